The van der Waals surface area contributed by atoms with Crippen LogP contribution in [0.2, 0.25) is 0 Å². The van der Waals surface area contributed by atoms with Crippen LogP contribution in [0.3, 0.4) is 0 Å². The van der Waals surface area contributed by atoms with Gasteiger partial charge in [0.15, 0.2) is 5.65 Å². The minimum atomic E-state index is -0.321. The first-order chi connectivity index (χ1) is 12.7. The van der Waals surface area contributed by atoms with Crippen LogP contribution in [0.4, 0.5) is 4.39 Å². The second-order valence-corrected chi connectivity index (χ2v) is 5.67. The van der Waals surface area contributed by atoms with Crippen molar-refractivity contribution in [2.24, 2.45) is 0 Å². The maximum Gasteiger partial charge on any atom is 0.264 e. The second kappa shape index (κ2) is 6.79. The topological polar surface area (TPSA) is 61.9 Å². The summed E-state index contributed by atoms with van der Waals surface area (Å²) in [6, 6.07) is 15.3. The fourth-order valence-corrected chi connectivity index (χ4v) is 2.66. The molecule has 0 bridgehead atoms. The van der Waals surface area contributed by atoms with E-state index >= 15 is 0 Å². The molecule has 0 amide bonds. The lowest BCUT2D eigenvalue weighted by Gasteiger charge is -2.08. The third-order valence-corrected chi connectivity index (χ3v) is 3.97. The molecular formula is C19H15FN4O2. The minimum absolute atomic E-state index is 0.181. The fraction of sp³-hybridized carbons (Fsp3) is 0.105. The molecule has 4 rings (SSSR count). The molecule has 0 fully saturated rings. The van der Waals surface area contributed by atoms with Gasteiger partial charge in [-0.1, -0.05) is 18.2 Å². The van der Waals surface area contributed by atoms with Crippen molar-refractivity contribution in [1.82, 2.24) is 19.3 Å². The van der Waals surface area contributed by atoms with Crippen molar-refractivity contribution in [3.63, 3.8) is 0 Å². The largest absolute Gasteiger partial charge is 0.492 e. The number of aromatic nitrogens is 4. The number of para-hydroxylation sites is 1. The molecule has 130 valence electrons. The Kier molecular flexibility index (Phi) is 4.18. The van der Waals surface area contributed by atoms with Gasteiger partial charge in [0.05, 0.1) is 18.4 Å². The third kappa shape index (κ3) is 3.06. The molecule has 7 heteroatoms. The maximum absolute atomic E-state index is 12.9. The number of hydrogen-bond donors (Lipinski definition) is 0. The summed E-state index contributed by atoms with van der Waals surface area (Å²) >= 11 is 0. The van der Waals surface area contributed by atoms with Crippen LogP contribution in [0.5, 0.6) is 5.75 Å². The predicted molar refractivity (Wildman–Crippen MR) is 95.0 cm³/mol. The number of halogens is 1. The third-order valence-electron chi connectivity index (χ3n) is 3.97. The summed E-state index contributed by atoms with van der Waals surface area (Å²) in [4.78, 5) is 17.0. The van der Waals surface area contributed by atoms with Gasteiger partial charge in [-0.25, -0.2) is 14.1 Å². The smallest absolute Gasteiger partial charge is 0.264 e. The molecule has 0 saturated carbocycles. The SMILES string of the molecule is O=c1c2cnn(-c3ccccc3)c2ncn1CCOc1ccc(F)cc1. The van der Waals surface area contributed by atoms with E-state index in [1.54, 1.807) is 16.8 Å². The lowest BCUT2D eigenvalue weighted by atomic mass is 10.3. The minimum Gasteiger partial charge on any atom is -0.492 e. The van der Waals surface area contributed by atoms with Crippen LogP contribution in [-0.2, 0) is 6.54 Å². The van der Waals surface area contributed by atoms with E-state index in [9.17, 15) is 9.18 Å². The summed E-state index contributed by atoms with van der Waals surface area (Å²) in [6.45, 7) is 0.598. The molecule has 0 atom stereocenters. The molecule has 0 unspecified atom stereocenters. The van der Waals surface area contributed by atoms with Crippen molar-refractivity contribution in [1.29, 1.82) is 0 Å². The standard InChI is InChI=1S/C19H15FN4O2/c20-14-6-8-16(9-7-14)26-11-10-23-13-21-18-17(19(23)25)12-22-24(18)15-4-2-1-3-5-15/h1-9,12-13H,10-11H2. The molecule has 2 heterocycles. The summed E-state index contributed by atoms with van der Waals surface area (Å²) in [5.41, 5.74) is 1.17. The molecule has 0 saturated heterocycles. The Morgan fingerprint density at radius 2 is 1.81 bits per heavy atom. The van der Waals surface area contributed by atoms with Crippen LogP contribution in [0.25, 0.3) is 16.7 Å². The van der Waals surface area contributed by atoms with Crippen LogP contribution < -0.4 is 10.3 Å². The second-order valence-electron chi connectivity index (χ2n) is 5.67. The molecule has 0 aliphatic carbocycles. The molecule has 2 aromatic heterocycles. The number of rotatable bonds is 5. The van der Waals surface area contributed by atoms with Crippen molar-refractivity contribution in [3.05, 3.63) is 83.3 Å². The molecule has 0 radical (unpaired) electrons. The predicted octanol–water partition coefficient (Wildman–Crippen LogP) is 2.80. The van der Waals surface area contributed by atoms with Crippen LogP contribution in [0, 0.1) is 5.82 Å². The van der Waals surface area contributed by atoms with Crippen LogP contribution in [0.1, 0.15) is 0 Å². The van der Waals surface area contributed by atoms with E-state index in [0.717, 1.165) is 5.69 Å². The molecule has 6 nitrogen and oxygen atoms in total. The summed E-state index contributed by atoms with van der Waals surface area (Å²) < 4.78 is 21.5. The van der Waals surface area contributed by atoms with Gasteiger partial charge in [0, 0.05) is 0 Å². The van der Waals surface area contributed by atoms with Gasteiger partial charge in [-0.3, -0.25) is 9.36 Å². The summed E-state index contributed by atoms with van der Waals surface area (Å²) in [5, 5.41) is 4.72. The Bertz CT molecular complexity index is 1090. The highest BCUT2D eigenvalue weighted by molar-refractivity contribution is 5.74. The molecule has 2 aromatic carbocycles. The lowest BCUT2D eigenvalue weighted by Crippen LogP contribution is -2.23. The fourth-order valence-electron chi connectivity index (χ4n) is 2.66. The quantitative estimate of drug-likeness (QED) is 0.555. The number of fused-ring (bicyclic) bond motifs is 1. The first-order valence-electron chi connectivity index (χ1n) is 8.09. The summed E-state index contributed by atoms with van der Waals surface area (Å²) in [6.07, 6.45) is 3.01. The normalized spacial score (nSPS) is 11.0. The van der Waals surface area contributed by atoms with Gasteiger partial charge in [0.2, 0.25) is 0 Å². The van der Waals surface area contributed by atoms with E-state index in [0.29, 0.717) is 23.3 Å². The highest BCUT2D eigenvalue weighted by Crippen LogP contribution is 2.13. The van der Waals surface area contributed by atoms with E-state index in [-0.39, 0.29) is 18.0 Å². The van der Waals surface area contributed by atoms with Gasteiger partial charge in [-0.05, 0) is 36.4 Å². The molecule has 26 heavy (non-hydrogen) atoms. The molecule has 0 spiro atoms. The van der Waals surface area contributed by atoms with E-state index in [1.807, 2.05) is 30.3 Å². The van der Waals surface area contributed by atoms with Gasteiger partial charge < -0.3 is 4.74 Å². The molecule has 4 aromatic rings. The van der Waals surface area contributed by atoms with Crippen molar-refractivity contribution in [3.8, 4) is 11.4 Å². The van der Waals surface area contributed by atoms with Crippen molar-refractivity contribution >= 4 is 11.0 Å². The molecule has 0 aliphatic heterocycles. The zero-order valence-electron chi connectivity index (χ0n) is 13.7. The van der Waals surface area contributed by atoms with Gasteiger partial charge >= 0.3 is 0 Å². The van der Waals surface area contributed by atoms with Gasteiger partial charge in [-0.2, -0.15) is 5.10 Å². The van der Waals surface area contributed by atoms with Crippen LogP contribution in [-0.4, -0.2) is 25.9 Å². The average Bonchev–Trinajstić information content (AvgIpc) is 3.11. The Labute approximate surface area is 148 Å². The van der Waals surface area contributed by atoms with Crippen LogP contribution >= 0.6 is 0 Å². The molecule has 0 aliphatic rings. The van der Waals surface area contributed by atoms with Crippen LogP contribution in [0.15, 0.2) is 71.9 Å². The van der Waals surface area contributed by atoms with E-state index < -0.39 is 0 Å². The van der Waals surface area contributed by atoms with E-state index in [1.165, 1.54) is 29.2 Å². The zero-order chi connectivity index (χ0) is 17.9. The maximum atomic E-state index is 12.9. The summed E-state index contributed by atoms with van der Waals surface area (Å²) in [7, 11) is 0. The molecular weight excluding hydrogens is 335 g/mol. The Balaban J connectivity index is 1.55. The highest BCUT2D eigenvalue weighted by Gasteiger charge is 2.11. The Morgan fingerprint density at radius 3 is 2.58 bits per heavy atom. The monoisotopic (exact) mass is 350 g/mol. The van der Waals surface area contributed by atoms with Crippen molar-refractivity contribution in [2.75, 3.05) is 6.61 Å². The molecule has 0 N–H and O–H groups in total. The van der Waals surface area contributed by atoms with E-state index in [2.05, 4.69) is 10.1 Å². The van der Waals surface area contributed by atoms with E-state index in [4.69, 9.17) is 4.74 Å². The lowest BCUT2D eigenvalue weighted by molar-refractivity contribution is 0.295. The number of hydrogen-bond acceptors (Lipinski definition) is 4. The highest BCUT2D eigenvalue weighted by atomic mass is 19.1. The number of ether oxygens (including phenoxy) is 1. The van der Waals surface area contributed by atoms with Gasteiger partial charge in [-0.15, -0.1) is 0 Å². The summed E-state index contributed by atoms with van der Waals surface area (Å²) in [5.74, 6) is 0.226. The zero-order valence-corrected chi connectivity index (χ0v) is 13.7. The number of benzene rings is 2. The number of nitrogens with zero attached hydrogens (tertiary/aromatic N) is 4. The Hall–Kier alpha value is -3.48. The van der Waals surface area contributed by atoms with Crippen molar-refractivity contribution < 1.29 is 9.13 Å². The van der Waals surface area contributed by atoms with Gasteiger partial charge in [0.1, 0.15) is 29.9 Å². The van der Waals surface area contributed by atoms with Crippen molar-refractivity contribution in [2.45, 2.75) is 6.54 Å². The first-order valence-corrected chi connectivity index (χ1v) is 8.09. The first kappa shape index (κ1) is 16.0. The Morgan fingerprint density at radius 1 is 1.04 bits per heavy atom. The average molecular weight is 350 g/mol. The van der Waals surface area contributed by atoms with Gasteiger partial charge in [0.25, 0.3) is 5.56 Å².